The monoisotopic (exact) mass is 356 g/mol. The molecule has 0 aliphatic heterocycles. The molecule has 2 heterocycles. The van der Waals surface area contributed by atoms with E-state index < -0.39 is 5.25 Å². The molecule has 5 nitrogen and oxygen atoms in total. The molecule has 0 spiro atoms. The van der Waals surface area contributed by atoms with Crippen molar-refractivity contribution in [3.05, 3.63) is 64.9 Å². The summed E-state index contributed by atoms with van der Waals surface area (Å²) in [5.74, 6) is -0.135. The zero-order valence-corrected chi connectivity index (χ0v) is 14.9. The predicted octanol–water partition coefficient (Wildman–Crippen LogP) is 4.02. The Morgan fingerprint density at radius 1 is 1.17 bits per heavy atom. The molecule has 0 bridgehead atoms. The Hall–Kier alpha value is -2.25. The van der Waals surface area contributed by atoms with Crippen LogP contribution in [0.5, 0.6) is 0 Å². The summed E-state index contributed by atoms with van der Waals surface area (Å²) in [6.07, 6.45) is 1.66. The average molecular weight is 356 g/mol. The third-order valence-corrected chi connectivity index (χ3v) is 4.99. The second-order valence-electron chi connectivity index (χ2n) is 5.17. The first-order valence-electron chi connectivity index (χ1n) is 7.36. The molecule has 1 amide bonds. The number of aryl methyl sites for hydroxylation is 2. The Balaban J connectivity index is 1.88. The second-order valence-corrected chi connectivity index (χ2v) is 7.14. The maximum atomic E-state index is 12.8. The Kier molecular flexibility index (Phi) is 5.22. The number of nitrogens with one attached hydrogen (secondary N) is 1. The Labute approximate surface area is 148 Å². The standard InChI is InChI=1S/C17H16N4OS2/c1-11-10-12(2)20-17(19-11)24-14(13-6-4-3-5-7-13)15(22)21-16-18-8-9-23-16/h3-10,14H,1-2H3,(H,18,21,22)/t14-/m1/s1. The number of thioether (sulfide) groups is 1. The summed E-state index contributed by atoms with van der Waals surface area (Å²) >= 11 is 2.73. The molecule has 2 aromatic heterocycles. The highest BCUT2D eigenvalue weighted by Gasteiger charge is 2.24. The molecule has 7 heteroatoms. The van der Waals surface area contributed by atoms with Crippen molar-refractivity contribution in [1.29, 1.82) is 0 Å². The highest BCUT2D eigenvalue weighted by molar-refractivity contribution is 8.00. The van der Waals surface area contributed by atoms with Gasteiger partial charge in [-0.05, 0) is 25.5 Å². The van der Waals surface area contributed by atoms with Gasteiger partial charge in [0.2, 0.25) is 5.91 Å². The van der Waals surface area contributed by atoms with Crippen molar-refractivity contribution < 1.29 is 4.79 Å². The third kappa shape index (κ3) is 4.18. The SMILES string of the molecule is Cc1cc(C)nc(S[C@@H](C(=O)Nc2nccs2)c2ccccc2)n1. The second kappa shape index (κ2) is 7.55. The molecule has 122 valence electrons. The number of amides is 1. The van der Waals surface area contributed by atoms with E-state index in [0.717, 1.165) is 17.0 Å². The van der Waals surface area contributed by atoms with Gasteiger partial charge in [-0.1, -0.05) is 42.1 Å². The molecule has 24 heavy (non-hydrogen) atoms. The van der Waals surface area contributed by atoms with E-state index in [0.29, 0.717) is 10.3 Å². The highest BCUT2D eigenvalue weighted by Crippen LogP contribution is 2.34. The lowest BCUT2D eigenvalue weighted by atomic mass is 10.1. The van der Waals surface area contributed by atoms with E-state index in [2.05, 4.69) is 20.3 Å². The Morgan fingerprint density at radius 3 is 2.50 bits per heavy atom. The van der Waals surface area contributed by atoms with Gasteiger partial charge in [-0.15, -0.1) is 11.3 Å². The molecule has 3 rings (SSSR count). The molecular formula is C17H16N4OS2. The van der Waals surface area contributed by atoms with Crippen molar-refractivity contribution in [3.63, 3.8) is 0 Å². The first-order chi connectivity index (χ1) is 11.6. The van der Waals surface area contributed by atoms with Crippen LogP contribution in [0.2, 0.25) is 0 Å². The molecule has 0 aliphatic rings. The van der Waals surface area contributed by atoms with Crippen LogP contribution in [-0.4, -0.2) is 20.9 Å². The van der Waals surface area contributed by atoms with Crippen molar-refractivity contribution >= 4 is 34.1 Å². The number of nitrogens with zero attached hydrogens (tertiary/aromatic N) is 3. The number of anilines is 1. The van der Waals surface area contributed by atoms with E-state index in [-0.39, 0.29) is 5.91 Å². The van der Waals surface area contributed by atoms with Crippen molar-refractivity contribution in [3.8, 4) is 0 Å². The van der Waals surface area contributed by atoms with Crippen LogP contribution < -0.4 is 5.32 Å². The molecule has 1 atom stereocenters. The first kappa shape index (κ1) is 16.6. The van der Waals surface area contributed by atoms with Gasteiger partial charge in [0.25, 0.3) is 0 Å². The molecule has 0 saturated heterocycles. The van der Waals surface area contributed by atoms with Gasteiger partial charge in [0.05, 0.1) is 0 Å². The van der Waals surface area contributed by atoms with Crippen molar-refractivity contribution in [2.45, 2.75) is 24.3 Å². The quantitative estimate of drug-likeness (QED) is 0.552. The summed E-state index contributed by atoms with van der Waals surface area (Å²) in [7, 11) is 0. The zero-order valence-electron chi connectivity index (χ0n) is 13.3. The number of aromatic nitrogens is 3. The topological polar surface area (TPSA) is 67.8 Å². The predicted molar refractivity (Wildman–Crippen MR) is 97.3 cm³/mol. The van der Waals surface area contributed by atoms with Crippen LogP contribution in [0.3, 0.4) is 0 Å². The van der Waals surface area contributed by atoms with Gasteiger partial charge in [-0.2, -0.15) is 0 Å². The van der Waals surface area contributed by atoms with Crippen LogP contribution in [0.1, 0.15) is 22.2 Å². The molecular weight excluding hydrogens is 340 g/mol. The molecule has 1 N–H and O–H groups in total. The maximum absolute atomic E-state index is 12.8. The van der Waals surface area contributed by atoms with E-state index in [1.807, 2.05) is 55.6 Å². The van der Waals surface area contributed by atoms with Gasteiger partial charge >= 0.3 is 0 Å². The van der Waals surface area contributed by atoms with Crippen LogP contribution >= 0.6 is 23.1 Å². The van der Waals surface area contributed by atoms with Crippen LogP contribution in [0, 0.1) is 13.8 Å². The smallest absolute Gasteiger partial charge is 0.244 e. The fraction of sp³-hybridized carbons (Fsp3) is 0.176. The summed E-state index contributed by atoms with van der Waals surface area (Å²) in [6, 6.07) is 11.5. The van der Waals surface area contributed by atoms with Gasteiger partial charge in [0.1, 0.15) is 5.25 Å². The number of benzene rings is 1. The van der Waals surface area contributed by atoms with Crippen LogP contribution in [0.15, 0.2) is 53.1 Å². The van der Waals surface area contributed by atoms with Gasteiger partial charge in [0, 0.05) is 23.0 Å². The van der Waals surface area contributed by atoms with Gasteiger partial charge < -0.3 is 5.32 Å². The minimum absolute atomic E-state index is 0.135. The molecule has 0 fully saturated rings. The minimum Gasteiger partial charge on any atom is -0.301 e. The molecule has 1 aromatic carbocycles. The molecule has 0 unspecified atom stereocenters. The summed E-state index contributed by atoms with van der Waals surface area (Å²) in [5.41, 5.74) is 2.67. The average Bonchev–Trinajstić information content (AvgIpc) is 3.05. The molecule has 0 aliphatic carbocycles. The van der Waals surface area contributed by atoms with Gasteiger partial charge in [0.15, 0.2) is 10.3 Å². The summed E-state index contributed by atoms with van der Waals surface area (Å²) in [5, 5.41) is 5.42. The van der Waals surface area contributed by atoms with E-state index in [4.69, 9.17) is 0 Å². The van der Waals surface area contributed by atoms with E-state index in [1.165, 1.54) is 23.1 Å². The Morgan fingerprint density at radius 2 is 1.88 bits per heavy atom. The van der Waals surface area contributed by atoms with Gasteiger partial charge in [-0.3, -0.25) is 4.79 Å². The van der Waals surface area contributed by atoms with E-state index in [9.17, 15) is 4.79 Å². The summed E-state index contributed by atoms with van der Waals surface area (Å²) < 4.78 is 0. The minimum atomic E-state index is -0.448. The number of rotatable bonds is 5. The fourth-order valence-corrected chi connectivity index (χ4v) is 3.80. The van der Waals surface area contributed by atoms with Crippen molar-refractivity contribution in [2.75, 3.05) is 5.32 Å². The summed E-state index contributed by atoms with van der Waals surface area (Å²) in [4.78, 5) is 25.8. The van der Waals surface area contributed by atoms with Crippen molar-refractivity contribution in [2.24, 2.45) is 0 Å². The maximum Gasteiger partial charge on any atom is 0.244 e. The fourth-order valence-electron chi connectivity index (χ4n) is 2.21. The zero-order chi connectivity index (χ0) is 16.9. The largest absolute Gasteiger partial charge is 0.301 e. The molecule has 0 radical (unpaired) electrons. The normalized spacial score (nSPS) is 11.9. The first-order valence-corrected chi connectivity index (χ1v) is 9.12. The number of carbonyl (C=O) groups excluding carboxylic acids is 1. The number of hydrogen-bond donors (Lipinski definition) is 1. The number of thiazole rings is 1. The molecule has 0 saturated carbocycles. The van der Waals surface area contributed by atoms with Crippen LogP contribution in [-0.2, 0) is 4.79 Å². The number of hydrogen-bond acceptors (Lipinski definition) is 6. The van der Waals surface area contributed by atoms with E-state index in [1.54, 1.807) is 6.20 Å². The van der Waals surface area contributed by atoms with Gasteiger partial charge in [-0.25, -0.2) is 15.0 Å². The molecule has 3 aromatic rings. The van der Waals surface area contributed by atoms with Crippen molar-refractivity contribution in [1.82, 2.24) is 15.0 Å². The lowest BCUT2D eigenvalue weighted by Gasteiger charge is -2.15. The lowest BCUT2D eigenvalue weighted by molar-refractivity contribution is -0.115. The lowest BCUT2D eigenvalue weighted by Crippen LogP contribution is -2.19. The van der Waals surface area contributed by atoms with E-state index >= 15 is 0 Å². The number of carbonyl (C=O) groups is 1. The Bertz CT molecular complexity index is 802. The third-order valence-electron chi connectivity index (χ3n) is 3.19. The van der Waals surface area contributed by atoms with Crippen LogP contribution in [0.25, 0.3) is 0 Å². The van der Waals surface area contributed by atoms with Crippen LogP contribution in [0.4, 0.5) is 5.13 Å². The summed E-state index contributed by atoms with van der Waals surface area (Å²) in [6.45, 7) is 3.85. The highest BCUT2D eigenvalue weighted by atomic mass is 32.2.